The van der Waals surface area contributed by atoms with E-state index in [1.165, 1.54) is 0 Å². The molecule has 1 unspecified atom stereocenters. The van der Waals surface area contributed by atoms with Crippen molar-refractivity contribution in [3.63, 3.8) is 0 Å². The highest BCUT2D eigenvalue weighted by molar-refractivity contribution is 5.34. The van der Waals surface area contributed by atoms with Gasteiger partial charge in [-0.1, -0.05) is 6.92 Å². The first kappa shape index (κ1) is 14.3. The summed E-state index contributed by atoms with van der Waals surface area (Å²) < 4.78 is 11.2. The monoisotopic (exact) mass is 272 g/mol. The summed E-state index contributed by atoms with van der Waals surface area (Å²) in [6.45, 7) is 4.73. The summed E-state index contributed by atoms with van der Waals surface area (Å²) in [6.07, 6.45) is 2.69. The maximum absolute atomic E-state index is 5.84. The second-order valence-corrected chi connectivity index (χ2v) is 4.64. The third kappa shape index (κ3) is 3.96. The first-order chi connectivity index (χ1) is 9.69. The van der Waals surface area contributed by atoms with E-state index in [-0.39, 0.29) is 6.04 Å². The van der Waals surface area contributed by atoms with Crippen LogP contribution in [-0.2, 0) is 0 Å². The average Bonchev–Trinajstić information content (AvgIpc) is 2.47. The van der Waals surface area contributed by atoms with Crippen molar-refractivity contribution in [3.05, 3.63) is 48.2 Å². The first-order valence-electron chi connectivity index (χ1n) is 6.81. The van der Waals surface area contributed by atoms with Gasteiger partial charge in [-0.3, -0.25) is 0 Å². The molecule has 0 saturated carbocycles. The van der Waals surface area contributed by atoms with Gasteiger partial charge in [0.25, 0.3) is 0 Å². The molecule has 0 fully saturated rings. The van der Waals surface area contributed by atoms with Gasteiger partial charge in [0, 0.05) is 18.3 Å². The molecule has 0 bridgehead atoms. The topological polar surface area (TPSA) is 57.4 Å². The van der Waals surface area contributed by atoms with E-state index in [1.54, 1.807) is 6.20 Å². The summed E-state index contributed by atoms with van der Waals surface area (Å²) >= 11 is 0. The molecule has 0 radical (unpaired) electrons. The molecule has 0 saturated heterocycles. The lowest BCUT2D eigenvalue weighted by atomic mass is 10.1. The predicted octanol–water partition coefficient (Wildman–Crippen LogP) is 3.68. The zero-order valence-corrected chi connectivity index (χ0v) is 11.9. The number of pyridine rings is 1. The van der Waals surface area contributed by atoms with Crippen molar-refractivity contribution in [2.24, 2.45) is 5.73 Å². The van der Waals surface area contributed by atoms with Crippen LogP contribution in [0.15, 0.2) is 42.6 Å². The fraction of sp³-hybridized carbons (Fsp3) is 0.312. The molecule has 2 N–H and O–H groups in total. The van der Waals surface area contributed by atoms with E-state index in [0.717, 1.165) is 30.1 Å². The third-order valence-electron chi connectivity index (χ3n) is 2.80. The molecule has 1 atom stereocenters. The summed E-state index contributed by atoms with van der Waals surface area (Å²) in [5.74, 6) is 2.11. The van der Waals surface area contributed by atoms with Gasteiger partial charge in [0.15, 0.2) is 0 Å². The number of hydrogen-bond acceptors (Lipinski definition) is 4. The molecule has 4 nitrogen and oxygen atoms in total. The van der Waals surface area contributed by atoms with Gasteiger partial charge in [-0.15, -0.1) is 0 Å². The molecular formula is C16H20N2O2. The number of aromatic nitrogens is 1. The van der Waals surface area contributed by atoms with Crippen LogP contribution in [0.5, 0.6) is 17.4 Å². The van der Waals surface area contributed by atoms with Crippen molar-refractivity contribution in [3.8, 4) is 17.4 Å². The van der Waals surface area contributed by atoms with Crippen LogP contribution in [-0.4, -0.2) is 11.6 Å². The van der Waals surface area contributed by atoms with E-state index in [9.17, 15) is 0 Å². The van der Waals surface area contributed by atoms with Crippen LogP contribution >= 0.6 is 0 Å². The number of ether oxygens (including phenoxy) is 2. The number of hydrogen-bond donors (Lipinski definition) is 1. The van der Waals surface area contributed by atoms with Gasteiger partial charge in [-0.2, -0.15) is 0 Å². The van der Waals surface area contributed by atoms with E-state index in [1.807, 2.05) is 43.3 Å². The Morgan fingerprint density at radius 2 is 1.85 bits per heavy atom. The minimum atomic E-state index is -0.0369. The molecule has 0 spiro atoms. The quantitative estimate of drug-likeness (QED) is 0.871. The summed E-state index contributed by atoms with van der Waals surface area (Å²) in [5, 5.41) is 0. The molecule has 20 heavy (non-hydrogen) atoms. The SMILES string of the molecule is CCCOc1ccc(Oc2cc(C(C)N)ccn2)cc1. The number of rotatable bonds is 6. The number of benzene rings is 1. The number of nitrogens with two attached hydrogens (primary N) is 1. The van der Waals surface area contributed by atoms with Crippen molar-refractivity contribution in [2.45, 2.75) is 26.3 Å². The number of nitrogens with zero attached hydrogens (tertiary/aromatic N) is 1. The van der Waals surface area contributed by atoms with E-state index in [2.05, 4.69) is 11.9 Å². The molecule has 1 heterocycles. The summed E-state index contributed by atoms with van der Waals surface area (Å²) in [6, 6.07) is 11.2. The van der Waals surface area contributed by atoms with E-state index in [0.29, 0.717) is 5.88 Å². The highest BCUT2D eigenvalue weighted by Gasteiger charge is 2.04. The second-order valence-electron chi connectivity index (χ2n) is 4.64. The van der Waals surface area contributed by atoms with Crippen molar-refractivity contribution in [1.82, 2.24) is 4.98 Å². The Balaban J connectivity index is 2.04. The molecule has 106 valence electrons. The van der Waals surface area contributed by atoms with E-state index in [4.69, 9.17) is 15.2 Å². The Bertz CT molecular complexity index is 538. The molecule has 4 heteroatoms. The molecule has 0 amide bonds. The van der Waals surface area contributed by atoms with Gasteiger partial charge >= 0.3 is 0 Å². The van der Waals surface area contributed by atoms with Gasteiger partial charge in [0.1, 0.15) is 11.5 Å². The van der Waals surface area contributed by atoms with Crippen LogP contribution in [0.3, 0.4) is 0 Å². The standard InChI is InChI=1S/C16H20N2O2/c1-3-10-19-14-4-6-15(7-5-14)20-16-11-13(12(2)17)8-9-18-16/h4-9,11-12H,3,10,17H2,1-2H3. The highest BCUT2D eigenvalue weighted by Crippen LogP contribution is 2.24. The molecular weight excluding hydrogens is 252 g/mol. The van der Waals surface area contributed by atoms with Crippen LogP contribution in [0.2, 0.25) is 0 Å². The highest BCUT2D eigenvalue weighted by atomic mass is 16.5. The van der Waals surface area contributed by atoms with Crippen molar-refractivity contribution >= 4 is 0 Å². The van der Waals surface area contributed by atoms with Gasteiger partial charge < -0.3 is 15.2 Å². The zero-order valence-electron chi connectivity index (χ0n) is 11.9. The lowest BCUT2D eigenvalue weighted by Gasteiger charge is -2.09. The molecule has 1 aromatic heterocycles. The second kappa shape index (κ2) is 6.91. The zero-order chi connectivity index (χ0) is 14.4. The minimum Gasteiger partial charge on any atom is -0.494 e. The van der Waals surface area contributed by atoms with Gasteiger partial charge in [-0.25, -0.2) is 4.98 Å². The van der Waals surface area contributed by atoms with Crippen LogP contribution in [0, 0.1) is 0 Å². The van der Waals surface area contributed by atoms with Crippen LogP contribution in [0.1, 0.15) is 31.9 Å². The van der Waals surface area contributed by atoms with E-state index < -0.39 is 0 Å². The normalized spacial score (nSPS) is 11.9. The molecule has 2 aromatic rings. The van der Waals surface area contributed by atoms with Gasteiger partial charge in [-0.05, 0) is 49.2 Å². The Morgan fingerprint density at radius 3 is 2.50 bits per heavy atom. The smallest absolute Gasteiger partial charge is 0.219 e. The Kier molecular flexibility index (Phi) is 4.96. The molecule has 0 aliphatic rings. The van der Waals surface area contributed by atoms with Gasteiger partial charge in [0.2, 0.25) is 5.88 Å². The van der Waals surface area contributed by atoms with Crippen molar-refractivity contribution < 1.29 is 9.47 Å². The molecule has 0 aliphatic heterocycles. The average molecular weight is 272 g/mol. The van der Waals surface area contributed by atoms with Gasteiger partial charge in [0.05, 0.1) is 6.61 Å². The fourth-order valence-corrected chi connectivity index (χ4v) is 1.71. The van der Waals surface area contributed by atoms with Crippen LogP contribution < -0.4 is 15.2 Å². The summed E-state index contributed by atoms with van der Waals surface area (Å²) in [7, 11) is 0. The Labute approximate surface area is 119 Å². The van der Waals surface area contributed by atoms with Crippen LogP contribution in [0.25, 0.3) is 0 Å². The molecule has 0 aliphatic carbocycles. The summed E-state index contributed by atoms with van der Waals surface area (Å²) in [5.41, 5.74) is 6.84. The van der Waals surface area contributed by atoms with Crippen LogP contribution in [0.4, 0.5) is 0 Å². The van der Waals surface area contributed by atoms with Crippen molar-refractivity contribution in [1.29, 1.82) is 0 Å². The fourth-order valence-electron chi connectivity index (χ4n) is 1.71. The molecule has 2 rings (SSSR count). The van der Waals surface area contributed by atoms with E-state index >= 15 is 0 Å². The minimum absolute atomic E-state index is 0.0369. The lowest BCUT2D eigenvalue weighted by molar-refractivity contribution is 0.317. The largest absolute Gasteiger partial charge is 0.494 e. The third-order valence-corrected chi connectivity index (χ3v) is 2.80. The Hall–Kier alpha value is -2.07. The first-order valence-corrected chi connectivity index (χ1v) is 6.81. The molecule has 1 aromatic carbocycles. The van der Waals surface area contributed by atoms with Crippen molar-refractivity contribution in [2.75, 3.05) is 6.61 Å². The lowest BCUT2D eigenvalue weighted by Crippen LogP contribution is -2.05. The maximum Gasteiger partial charge on any atom is 0.219 e. The maximum atomic E-state index is 5.84. The Morgan fingerprint density at radius 1 is 1.15 bits per heavy atom. The predicted molar refractivity (Wildman–Crippen MR) is 79.1 cm³/mol. The summed E-state index contributed by atoms with van der Waals surface area (Å²) in [4.78, 5) is 4.18.